The predicted molar refractivity (Wildman–Crippen MR) is 75.1 cm³/mol. The highest BCUT2D eigenvalue weighted by atomic mass is 35.5. The number of hydrogen-bond donors (Lipinski definition) is 2. The van der Waals surface area contributed by atoms with Gasteiger partial charge in [-0.05, 0) is 43.0 Å². The van der Waals surface area contributed by atoms with Crippen molar-refractivity contribution in [1.82, 2.24) is 15.3 Å². The molecule has 2 aromatic rings. The molecule has 0 spiro atoms. The van der Waals surface area contributed by atoms with Gasteiger partial charge in [0.1, 0.15) is 5.65 Å². The zero-order chi connectivity index (χ0) is 12.5. The number of nitrogens with one attached hydrogen (secondary N) is 2. The second-order valence-corrected chi connectivity index (χ2v) is 5.44. The second kappa shape index (κ2) is 4.90. The number of pyridine rings is 1. The maximum Gasteiger partial charge on any atom is 0.139 e. The number of rotatable bonds is 2. The highest BCUT2D eigenvalue weighted by molar-refractivity contribution is 6.35. The largest absolute Gasteiger partial charge is 0.346 e. The monoisotopic (exact) mass is 263 g/mol. The Morgan fingerprint density at radius 3 is 3.22 bits per heavy atom. The molecular formula is C14H18ClN3. The van der Waals surface area contributed by atoms with Crippen LogP contribution in [-0.2, 0) is 0 Å². The molecule has 3 rings (SSSR count). The Kier molecular flexibility index (Phi) is 3.27. The van der Waals surface area contributed by atoms with Gasteiger partial charge in [-0.2, -0.15) is 0 Å². The lowest BCUT2D eigenvalue weighted by molar-refractivity contribution is 0.319. The van der Waals surface area contributed by atoms with Gasteiger partial charge in [-0.3, -0.25) is 0 Å². The van der Waals surface area contributed by atoms with Gasteiger partial charge in [-0.15, -0.1) is 0 Å². The number of aromatic amines is 1. The van der Waals surface area contributed by atoms with Gasteiger partial charge in [0, 0.05) is 17.8 Å². The minimum absolute atomic E-state index is 0.590. The highest BCUT2D eigenvalue weighted by Gasteiger charge is 2.27. The van der Waals surface area contributed by atoms with Crippen LogP contribution in [0, 0.1) is 5.92 Å². The van der Waals surface area contributed by atoms with E-state index in [1.807, 2.05) is 6.07 Å². The number of piperidine rings is 1. The standard InChI is InChI=1S/C14H18ClN3/c1-2-9-7-16-5-3-10(9)11-8-18-14-13(11)12(15)4-6-17-14/h4,6,8-10,16H,2-3,5,7H2,1H3,(H,17,18). The smallest absolute Gasteiger partial charge is 0.139 e. The van der Waals surface area contributed by atoms with E-state index in [1.54, 1.807) is 6.20 Å². The van der Waals surface area contributed by atoms with Gasteiger partial charge in [0.2, 0.25) is 0 Å². The Bertz CT molecular complexity index is 549. The van der Waals surface area contributed by atoms with Gasteiger partial charge >= 0.3 is 0 Å². The summed E-state index contributed by atoms with van der Waals surface area (Å²) >= 11 is 6.34. The van der Waals surface area contributed by atoms with Gasteiger partial charge in [-0.25, -0.2) is 4.98 Å². The topological polar surface area (TPSA) is 40.7 Å². The first-order valence-corrected chi connectivity index (χ1v) is 7.01. The molecule has 0 aliphatic carbocycles. The van der Waals surface area contributed by atoms with Crippen molar-refractivity contribution in [3.05, 3.63) is 29.0 Å². The summed E-state index contributed by atoms with van der Waals surface area (Å²) in [5.41, 5.74) is 2.25. The van der Waals surface area contributed by atoms with Crippen LogP contribution in [0.5, 0.6) is 0 Å². The molecule has 2 unspecified atom stereocenters. The van der Waals surface area contributed by atoms with Gasteiger partial charge in [0.05, 0.1) is 5.02 Å². The molecule has 3 heterocycles. The van der Waals surface area contributed by atoms with Crippen molar-refractivity contribution < 1.29 is 0 Å². The molecule has 0 bridgehead atoms. The number of hydrogen-bond acceptors (Lipinski definition) is 2. The second-order valence-electron chi connectivity index (χ2n) is 5.03. The van der Waals surface area contributed by atoms with E-state index >= 15 is 0 Å². The zero-order valence-corrected chi connectivity index (χ0v) is 11.3. The summed E-state index contributed by atoms with van der Waals surface area (Å²) in [6.45, 7) is 4.46. The van der Waals surface area contributed by atoms with Crippen molar-refractivity contribution in [2.75, 3.05) is 13.1 Å². The molecule has 1 aliphatic rings. The van der Waals surface area contributed by atoms with Crippen molar-refractivity contribution in [2.45, 2.75) is 25.7 Å². The van der Waals surface area contributed by atoms with Crippen LogP contribution >= 0.6 is 11.6 Å². The van der Waals surface area contributed by atoms with Crippen molar-refractivity contribution in [2.24, 2.45) is 5.92 Å². The fourth-order valence-electron chi connectivity index (χ4n) is 3.09. The van der Waals surface area contributed by atoms with Crippen molar-refractivity contribution in [1.29, 1.82) is 0 Å². The molecule has 3 nitrogen and oxygen atoms in total. The van der Waals surface area contributed by atoms with Crippen LogP contribution in [0.25, 0.3) is 11.0 Å². The third kappa shape index (κ3) is 1.91. The summed E-state index contributed by atoms with van der Waals surface area (Å²) in [6.07, 6.45) is 6.23. The SMILES string of the molecule is CCC1CNCCC1c1c[nH]c2nccc(Cl)c12. The van der Waals surface area contributed by atoms with Gasteiger partial charge in [0.25, 0.3) is 0 Å². The van der Waals surface area contributed by atoms with Crippen LogP contribution < -0.4 is 5.32 Å². The molecular weight excluding hydrogens is 246 g/mol. The zero-order valence-electron chi connectivity index (χ0n) is 10.5. The predicted octanol–water partition coefficient (Wildman–Crippen LogP) is 3.32. The lowest BCUT2D eigenvalue weighted by Crippen LogP contribution is -2.35. The first-order chi connectivity index (χ1) is 8.81. The van der Waals surface area contributed by atoms with Gasteiger partial charge < -0.3 is 10.3 Å². The number of nitrogens with zero attached hydrogens (tertiary/aromatic N) is 1. The molecule has 2 N–H and O–H groups in total. The molecule has 0 radical (unpaired) electrons. The number of aromatic nitrogens is 2. The van der Waals surface area contributed by atoms with Crippen LogP contribution in [0.2, 0.25) is 5.02 Å². The third-order valence-electron chi connectivity index (χ3n) is 4.08. The Morgan fingerprint density at radius 2 is 2.39 bits per heavy atom. The van der Waals surface area contributed by atoms with E-state index in [2.05, 4.69) is 28.4 Å². The molecule has 0 saturated carbocycles. The molecule has 18 heavy (non-hydrogen) atoms. The summed E-state index contributed by atoms with van der Waals surface area (Å²) in [5.74, 6) is 1.28. The highest BCUT2D eigenvalue weighted by Crippen LogP contribution is 2.38. The molecule has 1 fully saturated rings. The van der Waals surface area contributed by atoms with E-state index in [1.165, 1.54) is 18.4 Å². The summed E-state index contributed by atoms with van der Waals surface area (Å²) in [6, 6.07) is 1.88. The third-order valence-corrected chi connectivity index (χ3v) is 4.40. The lowest BCUT2D eigenvalue weighted by atomic mass is 9.80. The maximum absolute atomic E-state index is 6.34. The molecule has 96 valence electrons. The quantitative estimate of drug-likeness (QED) is 0.873. The van der Waals surface area contributed by atoms with E-state index < -0.39 is 0 Å². The molecule has 4 heteroatoms. The van der Waals surface area contributed by atoms with Crippen molar-refractivity contribution in [3.63, 3.8) is 0 Å². The molecule has 2 aromatic heterocycles. The van der Waals surface area contributed by atoms with E-state index in [9.17, 15) is 0 Å². The fourth-order valence-corrected chi connectivity index (χ4v) is 3.35. The van der Waals surface area contributed by atoms with E-state index in [-0.39, 0.29) is 0 Å². The van der Waals surface area contributed by atoms with Crippen LogP contribution in [0.15, 0.2) is 18.5 Å². The van der Waals surface area contributed by atoms with Gasteiger partial charge in [0.15, 0.2) is 0 Å². The summed E-state index contributed by atoms with van der Waals surface area (Å²) < 4.78 is 0. The molecule has 0 amide bonds. The number of H-pyrrole nitrogens is 1. The maximum atomic E-state index is 6.34. The van der Waals surface area contributed by atoms with Crippen LogP contribution in [0.3, 0.4) is 0 Å². The molecule has 1 saturated heterocycles. The summed E-state index contributed by atoms with van der Waals surface area (Å²) in [5, 5.41) is 5.41. The summed E-state index contributed by atoms with van der Waals surface area (Å²) in [7, 11) is 0. The average molecular weight is 264 g/mol. The van der Waals surface area contributed by atoms with E-state index in [4.69, 9.17) is 11.6 Å². The Balaban J connectivity index is 2.07. The van der Waals surface area contributed by atoms with Crippen LogP contribution in [0.1, 0.15) is 31.2 Å². The lowest BCUT2D eigenvalue weighted by Gasteiger charge is -2.31. The minimum Gasteiger partial charge on any atom is -0.346 e. The van der Waals surface area contributed by atoms with Crippen LogP contribution in [-0.4, -0.2) is 23.1 Å². The van der Waals surface area contributed by atoms with Crippen molar-refractivity contribution in [3.8, 4) is 0 Å². The number of halogens is 1. The fraction of sp³-hybridized carbons (Fsp3) is 0.500. The first-order valence-electron chi connectivity index (χ1n) is 6.63. The Morgan fingerprint density at radius 1 is 1.50 bits per heavy atom. The Labute approximate surface area is 112 Å². The minimum atomic E-state index is 0.590. The summed E-state index contributed by atoms with van der Waals surface area (Å²) in [4.78, 5) is 7.61. The molecule has 0 aromatic carbocycles. The van der Waals surface area contributed by atoms with E-state index in [0.717, 1.165) is 29.1 Å². The number of fused-ring (bicyclic) bond motifs is 1. The Hall–Kier alpha value is -1.06. The molecule has 1 aliphatic heterocycles. The normalized spacial score (nSPS) is 24.6. The van der Waals surface area contributed by atoms with E-state index in [0.29, 0.717) is 11.8 Å². The van der Waals surface area contributed by atoms with Crippen LogP contribution in [0.4, 0.5) is 0 Å². The van der Waals surface area contributed by atoms with Gasteiger partial charge in [-0.1, -0.05) is 24.9 Å². The van der Waals surface area contributed by atoms with Crippen molar-refractivity contribution >= 4 is 22.6 Å². The first kappa shape index (κ1) is 12.0. The average Bonchev–Trinajstić information content (AvgIpc) is 2.84. The molecule has 2 atom stereocenters.